The van der Waals surface area contributed by atoms with Gasteiger partial charge >= 0.3 is 0 Å². The van der Waals surface area contributed by atoms with Crippen LogP contribution < -0.4 is 5.32 Å². The lowest BCUT2D eigenvalue weighted by atomic mass is 10.1. The fourth-order valence-electron chi connectivity index (χ4n) is 1.41. The number of carbonyl (C=O) groups is 1. The molecule has 0 saturated heterocycles. The molecule has 1 N–H and O–H groups in total. The van der Waals surface area contributed by atoms with Gasteiger partial charge in [0.05, 0.1) is 10.0 Å². The zero-order valence-electron chi connectivity index (χ0n) is 8.48. The maximum atomic E-state index is 11.5. The van der Waals surface area contributed by atoms with Crippen molar-refractivity contribution in [1.29, 1.82) is 0 Å². The Morgan fingerprint density at radius 3 is 2.76 bits per heavy atom. The van der Waals surface area contributed by atoms with E-state index in [-0.39, 0.29) is 11.0 Å². The molecule has 0 saturated carbocycles. The molecule has 1 aromatic carbocycles. The van der Waals surface area contributed by atoms with Crippen molar-refractivity contribution in [3.05, 3.63) is 33.8 Å². The van der Waals surface area contributed by atoms with Gasteiger partial charge in [0.2, 0.25) is 5.11 Å². The van der Waals surface area contributed by atoms with Crippen LogP contribution in [-0.4, -0.2) is 17.1 Å². The summed E-state index contributed by atoms with van der Waals surface area (Å²) >= 11 is 16.4. The first-order chi connectivity index (χ1) is 8.06. The molecule has 7 heteroatoms. The zero-order valence-corrected chi connectivity index (χ0v) is 10.8. The minimum atomic E-state index is -0.570. The maximum Gasteiger partial charge on any atom is 0.253 e. The molecule has 1 aliphatic rings. The average Bonchev–Trinajstić information content (AvgIpc) is 2.27. The second-order valence-electron chi connectivity index (χ2n) is 3.48. The number of nitrogens with one attached hydrogen (secondary N) is 1. The first-order valence-corrected chi connectivity index (χ1v) is 5.92. The van der Waals surface area contributed by atoms with Crippen molar-refractivity contribution in [3.63, 3.8) is 0 Å². The molecule has 0 bridgehead atoms. The van der Waals surface area contributed by atoms with Crippen molar-refractivity contribution in [1.82, 2.24) is 5.32 Å². The third-order valence-corrected chi connectivity index (χ3v) is 3.16. The fraction of sp³-hybridized carbons (Fsp3) is 0.200. The third-order valence-electron chi connectivity index (χ3n) is 2.23. The summed E-state index contributed by atoms with van der Waals surface area (Å²) in [5.41, 5.74) is 0.867. The number of hydrogen-bond acceptors (Lipinski definition) is 3. The second kappa shape index (κ2) is 5.08. The molecule has 2 rings (SSSR count). The summed E-state index contributed by atoms with van der Waals surface area (Å²) in [7, 11) is 0. The van der Waals surface area contributed by atoms with E-state index in [9.17, 15) is 4.79 Å². The van der Waals surface area contributed by atoms with E-state index in [0.717, 1.165) is 5.56 Å². The summed E-state index contributed by atoms with van der Waals surface area (Å²) < 4.78 is 0. The molecule has 88 valence electrons. The number of thiocarbonyl (C=S) groups is 1. The van der Waals surface area contributed by atoms with Gasteiger partial charge in [-0.15, -0.1) is 5.11 Å². The van der Waals surface area contributed by atoms with Crippen LogP contribution in [0.1, 0.15) is 5.56 Å². The van der Waals surface area contributed by atoms with Gasteiger partial charge in [-0.3, -0.25) is 10.1 Å². The predicted molar refractivity (Wildman–Crippen MR) is 69.6 cm³/mol. The quantitative estimate of drug-likeness (QED) is 0.851. The number of rotatable bonds is 2. The molecule has 4 nitrogen and oxygen atoms in total. The number of azo groups is 1. The number of carbonyl (C=O) groups excluding carboxylic acids is 1. The maximum absolute atomic E-state index is 11.5. The van der Waals surface area contributed by atoms with Crippen LogP contribution in [0.2, 0.25) is 10.0 Å². The van der Waals surface area contributed by atoms with Crippen molar-refractivity contribution >= 4 is 46.4 Å². The van der Waals surface area contributed by atoms with E-state index in [2.05, 4.69) is 15.5 Å². The minimum absolute atomic E-state index is 0.0976. The van der Waals surface area contributed by atoms with Crippen LogP contribution in [0.4, 0.5) is 0 Å². The van der Waals surface area contributed by atoms with E-state index in [1.165, 1.54) is 0 Å². The topological polar surface area (TPSA) is 53.8 Å². The SMILES string of the molecule is O=C1NC(=S)N=NC1Cc1ccc(Cl)c(Cl)c1. The van der Waals surface area contributed by atoms with Gasteiger partial charge in [0, 0.05) is 6.42 Å². The van der Waals surface area contributed by atoms with Gasteiger partial charge in [0.15, 0.2) is 6.04 Å². The highest BCUT2D eigenvalue weighted by atomic mass is 35.5. The van der Waals surface area contributed by atoms with E-state index in [0.29, 0.717) is 16.5 Å². The lowest BCUT2D eigenvalue weighted by Gasteiger charge is -2.15. The highest BCUT2D eigenvalue weighted by Crippen LogP contribution is 2.23. The molecule has 0 spiro atoms. The summed E-state index contributed by atoms with van der Waals surface area (Å²) in [6, 6.07) is 4.62. The Balaban J connectivity index is 2.15. The van der Waals surface area contributed by atoms with Gasteiger partial charge in [-0.05, 0) is 29.9 Å². The second-order valence-corrected chi connectivity index (χ2v) is 4.68. The molecule has 0 aliphatic carbocycles. The van der Waals surface area contributed by atoms with E-state index >= 15 is 0 Å². The van der Waals surface area contributed by atoms with Gasteiger partial charge in [-0.25, -0.2) is 0 Å². The number of hydrogen-bond donors (Lipinski definition) is 1. The highest BCUT2D eigenvalue weighted by Gasteiger charge is 2.23. The van der Waals surface area contributed by atoms with E-state index < -0.39 is 6.04 Å². The largest absolute Gasteiger partial charge is 0.298 e. The summed E-state index contributed by atoms with van der Waals surface area (Å²) in [5, 5.41) is 11.0. The summed E-state index contributed by atoms with van der Waals surface area (Å²) in [4.78, 5) is 11.5. The summed E-state index contributed by atoms with van der Waals surface area (Å²) in [6.07, 6.45) is 0.412. The van der Waals surface area contributed by atoms with Gasteiger partial charge in [-0.1, -0.05) is 29.3 Å². The lowest BCUT2D eigenvalue weighted by Crippen LogP contribution is -2.40. The predicted octanol–water partition coefficient (Wildman–Crippen LogP) is 2.77. The van der Waals surface area contributed by atoms with Crippen molar-refractivity contribution in [3.8, 4) is 0 Å². The molecule has 1 aromatic rings. The Kier molecular flexibility index (Phi) is 3.71. The number of halogens is 2. The Bertz CT molecular complexity index is 518. The monoisotopic (exact) mass is 287 g/mol. The Morgan fingerprint density at radius 2 is 2.12 bits per heavy atom. The minimum Gasteiger partial charge on any atom is -0.298 e. The zero-order chi connectivity index (χ0) is 12.4. The average molecular weight is 288 g/mol. The van der Waals surface area contributed by atoms with Gasteiger partial charge in [-0.2, -0.15) is 5.11 Å². The molecule has 0 radical (unpaired) electrons. The summed E-state index contributed by atoms with van der Waals surface area (Å²) in [6.45, 7) is 0. The van der Waals surface area contributed by atoms with Crippen molar-refractivity contribution in [2.45, 2.75) is 12.5 Å². The number of benzene rings is 1. The molecule has 1 aliphatic heterocycles. The van der Waals surface area contributed by atoms with Crippen LogP contribution in [0.3, 0.4) is 0 Å². The first kappa shape index (κ1) is 12.4. The molecule has 0 fully saturated rings. The molecule has 0 aromatic heterocycles. The van der Waals surface area contributed by atoms with Crippen molar-refractivity contribution in [2.24, 2.45) is 10.2 Å². The van der Waals surface area contributed by atoms with E-state index in [4.69, 9.17) is 35.4 Å². The van der Waals surface area contributed by atoms with Gasteiger partial charge in [0.1, 0.15) is 0 Å². The Hall–Kier alpha value is -1.04. The number of nitrogens with zero attached hydrogens (tertiary/aromatic N) is 2. The smallest absolute Gasteiger partial charge is 0.253 e. The van der Waals surface area contributed by atoms with Crippen LogP contribution in [0.15, 0.2) is 28.4 Å². The molecule has 1 heterocycles. The van der Waals surface area contributed by atoms with Crippen molar-refractivity contribution in [2.75, 3.05) is 0 Å². The van der Waals surface area contributed by atoms with Gasteiger partial charge in [0.25, 0.3) is 5.91 Å². The molecular formula is C10H7Cl2N3OS. The highest BCUT2D eigenvalue weighted by molar-refractivity contribution is 7.80. The fourth-order valence-corrected chi connectivity index (χ4v) is 1.88. The molecule has 1 amide bonds. The van der Waals surface area contributed by atoms with Crippen LogP contribution in [-0.2, 0) is 11.2 Å². The molecular weight excluding hydrogens is 281 g/mol. The van der Waals surface area contributed by atoms with Crippen LogP contribution >= 0.6 is 35.4 Å². The Labute approximate surface area is 113 Å². The van der Waals surface area contributed by atoms with Crippen LogP contribution in [0.5, 0.6) is 0 Å². The van der Waals surface area contributed by atoms with Gasteiger partial charge < -0.3 is 0 Å². The molecule has 17 heavy (non-hydrogen) atoms. The normalized spacial score (nSPS) is 19.3. The van der Waals surface area contributed by atoms with Crippen LogP contribution in [0, 0.1) is 0 Å². The standard InChI is InChI=1S/C10H7Cl2N3OS/c11-6-2-1-5(3-7(6)12)4-8-9(16)13-10(17)15-14-8/h1-3,8H,4H2,(H,13,16,17). The molecule has 1 atom stereocenters. The first-order valence-electron chi connectivity index (χ1n) is 4.76. The van der Waals surface area contributed by atoms with Crippen LogP contribution in [0.25, 0.3) is 0 Å². The van der Waals surface area contributed by atoms with E-state index in [1.807, 2.05) is 0 Å². The lowest BCUT2D eigenvalue weighted by molar-refractivity contribution is -0.121. The number of amides is 1. The van der Waals surface area contributed by atoms with Crippen molar-refractivity contribution < 1.29 is 4.79 Å². The third kappa shape index (κ3) is 3.00. The summed E-state index contributed by atoms with van der Waals surface area (Å²) in [5.74, 6) is -0.254. The Morgan fingerprint density at radius 1 is 1.35 bits per heavy atom. The molecule has 1 unspecified atom stereocenters. The van der Waals surface area contributed by atoms with E-state index in [1.54, 1.807) is 18.2 Å².